The van der Waals surface area contributed by atoms with E-state index in [1.54, 1.807) is 0 Å². The van der Waals surface area contributed by atoms with Crippen LogP contribution in [0.15, 0.2) is 42.5 Å². The van der Waals surface area contributed by atoms with Crippen molar-refractivity contribution in [3.63, 3.8) is 0 Å². The molecular weight excluding hydrogens is 220 g/mol. The summed E-state index contributed by atoms with van der Waals surface area (Å²) < 4.78 is 0. The number of hydrogen-bond donors (Lipinski definition) is 1. The van der Waals surface area contributed by atoms with E-state index in [1.807, 2.05) is 0 Å². The third-order valence-corrected chi connectivity index (χ3v) is 4.49. The number of fused-ring (bicyclic) bond motifs is 2. The molecule has 0 aromatic heterocycles. The van der Waals surface area contributed by atoms with Crippen LogP contribution in [0.3, 0.4) is 0 Å². The molecule has 2 fully saturated rings. The molecule has 2 aliphatic heterocycles. The number of nitrogens with zero attached hydrogens (tertiary/aromatic N) is 1. The van der Waals surface area contributed by atoms with Gasteiger partial charge in [0.15, 0.2) is 0 Å². The molecule has 2 saturated heterocycles. The summed E-state index contributed by atoms with van der Waals surface area (Å²) in [6.45, 7) is 4.84. The minimum Gasteiger partial charge on any atom is -0.371 e. The number of hydrogen-bond acceptors (Lipinski definition) is 2. The molecule has 0 bridgehead atoms. The van der Waals surface area contributed by atoms with Crippen LogP contribution in [0.25, 0.3) is 10.8 Å². The highest BCUT2D eigenvalue weighted by Gasteiger charge is 2.35. The second kappa shape index (κ2) is 3.99. The highest BCUT2D eigenvalue weighted by molar-refractivity contribution is 5.85. The lowest BCUT2D eigenvalue weighted by Gasteiger charge is -2.20. The Morgan fingerprint density at radius 1 is 0.889 bits per heavy atom. The molecule has 2 atom stereocenters. The van der Waals surface area contributed by atoms with Gasteiger partial charge in [-0.3, -0.25) is 0 Å². The van der Waals surface area contributed by atoms with Crippen LogP contribution in [0, 0.1) is 11.8 Å². The minimum atomic E-state index is 0.858. The first-order valence-corrected chi connectivity index (χ1v) is 6.84. The molecular formula is C16H18N2. The third-order valence-electron chi connectivity index (χ3n) is 4.49. The zero-order valence-electron chi connectivity index (χ0n) is 10.5. The van der Waals surface area contributed by atoms with Gasteiger partial charge in [-0.1, -0.05) is 30.3 Å². The van der Waals surface area contributed by atoms with E-state index in [9.17, 15) is 0 Å². The fourth-order valence-electron chi connectivity index (χ4n) is 3.44. The van der Waals surface area contributed by atoms with Crippen LogP contribution in [0.5, 0.6) is 0 Å². The second-order valence-corrected chi connectivity index (χ2v) is 5.61. The lowest BCUT2D eigenvalue weighted by molar-refractivity contribution is 0.533. The summed E-state index contributed by atoms with van der Waals surface area (Å²) >= 11 is 0. The number of rotatable bonds is 1. The zero-order valence-corrected chi connectivity index (χ0v) is 10.5. The largest absolute Gasteiger partial charge is 0.371 e. The van der Waals surface area contributed by atoms with Crippen LogP contribution in [-0.4, -0.2) is 26.2 Å². The van der Waals surface area contributed by atoms with Crippen molar-refractivity contribution < 1.29 is 0 Å². The summed E-state index contributed by atoms with van der Waals surface area (Å²) in [5.74, 6) is 1.72. The standard InChI is InChI=1S/C16H18N2/c1-2-4-13-7-16(6-5-12(13)3-1)18-10-14-8-17-9-15(14)11-18/h1-7,14-15,17H,8-11H2. The van der Waals surface area contributed by atoms with Gasteiger partial charge >= 0.3 is 0 Å². The lowest BCUT2D eigenvalue weighted by atomic mass is 10.0. The fraction of sp³-hybridized carbons (Fsp3) is 0.375. The molecule has 1 N–H and O–H groups in total. The predicted molar refractivity (Wildman–Crippen MR) is 76.0 cm³/mol. The van der Waals surface area contributed by atoms with Gasteiger partial charge in [-0.2, -0.15) is 0 Å². The van der Waals surface area contributed by atoms with Crippen LogP contribution in [0.1, 0.15) is 0 Å². The van der Waals surface area contributed by atoms with E-state index in [0.29, 0.717) is 0 Å². The van der Waals surface area contributed by atoms with E-state index in [4.69, 9.17) is 0 Å². The van der Waals surface area contributed by atoms with Crippen molar-refractivity contribution in [2.24, 2.45) is 11.8 Å². The van der Waals surface area contributed by atoms with E-state index in [2.05, 4.69) is 52.7 Å². The van der Waals surface area contributed by atoms with E-state index in [-0.39, 0.29) is 0 Å². The van der Waals surface area contributed by atoms with Gasteiger partial charge < -0.3 is 10.2 Å². The van der Waals surface area contributed by atoms with Gasteiger partial charge in [-0.15, -0.1) is 0 Å². The van der Waals surface area contributed by atoms with Gasteiger partial charge in [0.05, 0.1) is 0 Å². The van der Waals surface area contributed by atoms with Crippen LogP contribution in [0.2, 0.25) is 0 Å². The Kier molecular flexibility index (Phi) is 2.30. The average Bonchev–Trinajstić information content (AvgIpc) is 2.99. The van der Waals surface area contributed by atoms with Gasteiger partial charge in [-0.05, 0) is 34.7 Å². The number of anilines is 1. The predicted octanol–water partition coefficient (Wildman–Crippen LogP) is 2.50. The van der Waals surface area contributed by atoms with E-state index < -0.39 is 0 Å². The molecule has 2 heteroatoms. The maximum absolute atomic E-state index is 3.50. The summed E-state index contributed by atoms with van der Waals surface area (Å²) in [6, 6.07) is 15.5. The molecule has 2 heterocycles. The van der Waals surface area contributed by atoms with Crippen LogP contribution in [-0.2, 0) is 0 Å². The summed E-state index contributed by atoms with van der Waals surface area (Å²) in [5, 5.41) is 6.19. The molecule has 0 radical (unpaired) electrons. The Bertz CT molecular complexity index is 566. The van der Waals surface area contributed by atoms with Crippen molar-refractivity contribution in [1.29, 1.82) is 0 Å². The normalized spacial score (nSPS) is 26.8. The number of nitrogens with one attached hydrogen (secondary N) is 1. The van der Waals surface area contributed by atoms with E-state index in [1.165, 1.54) is 42.6 Å². The quantitative estimate of drug-likeness (QED) is 0.821. The van der Waals surface area contributed by atoms with Crippen LogP contribution < -0.4 is 10.2 Å². The molecule has 0 amide bonds. The topological polar surface area (TPSA) is 15.3 Å². The fourth-order valence-corrected chi connectivity index (χ4v) is 3.44. The molecule has 2 unspecified atom stereocenters. The average molecular weight is 238 g/mol. The van der Waals surface area contributed by atoms with E-state index >= 15 is 0 Å². The Morgan fingerprint density at radius 2 is 1.61 bits per heavy atom. The highest BCUT2D eigenvalue weighted by Crippen LogP contribution is 2.31. The maximum Gasteiger partial charge on any atom is 0.0372 e. The van der Waals surface area contributed by atoms with Gasteiger partial charge in [0.1, 0.15) is 0 Å². The van der Waals surface area contributed by atoms with Crippen molar-refractivity contribution >= 4 is 16.5 Å². The SMILES string of the molecule is c1ccc2cc(N3CC4CNCC4C3)ccc2c1. The first-order chi connectivity index (χ1) is 8.90. The van der Waals surface area contributed by atoms with Crippen molar-refractivity contribution in [2.45, 2.75) is 0 Å². The molecule has 2 aromatic rings. The molecule has 2 aromatic carbocycles. The maximum atomic E-state index is 3.50. The molecule has 0 saturated carbocycles. The zero-order chi connectivity index (χ0) is 11.9. The summed E-state index contributed by atoms with van der Waals surface area (Å²) in [4.78, 5) is 2.56. The lowest BCUT2D eigenvalue weighted by Crippen LogP contribution is -2.25. The van der Waals surface area contributed by atoms with Crippen molar-refractivity contribution in [2.75, 3.05) is 31.1 Å². The smallest absolute Gasteiger partial charge is 0.0372 e. The first-order valence-electron chi connectivity index (χ1n) is 6.84. The van der Waals surface area contributed by atoms with Gasteiger partial charge in [0, 0.05) is 31.9 Å². The molecule has 0 aliphatic carbocycles. The molecule has 92 valence electrons. The molecule has 0 spiro atoms. The Labute approximate surface area is 108 Å². The third kappa shape index (κ3) is 1.60. The van der Waals surface area contributed by atoms with Crippen LogP contribution in [0.4, 0.5) is 5.69 Å². The van der Waals surface area contributed by atoms with Gasteiger partial charge in [0.2, 0.25) is 0 Å². The Morgan fingerprint density at radius 3 is 2.39 bits per heavy atom. The highest BCUT2D eigenvalue weighted by atomic mass is 15.2. The van der Waals surface area contributed by atoms with Gasteiger partial charge in [-0.25, -0.2) is 0 Å². The summed E-state index contributed by atoms with van der Waals surface area (Å²) in [5.41, 5.74) is 1.39. The molecule has 18 heavy (non-hydrogen) atoms. The van der Waals surface area contributed by atoms with Gasteiger partial charge in [0.25, 0.3) is 0 Å². The summed E-state index contributed by atoms with van der Waals surface area (Å²) in [7, 11) is 0. The Hall–Kier alpha value is -1.54. The molecule has 4 rings (SSSR count). The molecule has 2 nitrogen and oxygen atoms in total. The Balaban J connectivity index is 1.67. The molecule has 2 aliphatic rings. The van der Waals surface area contributed by atoms with Crippen molar-refractivity contribution in [3.05, 3.63) is 42.5 Å². The first kappa shape index (κ1) is 10.4. The summed E-state index contributed by atoms with van der Waals surface area (Å²) in [6.07, 6.45) is 0. The number of benzene rings is 2. The second-order valence-electron chi connectivity index (χ2n) is 5.61. The monoisotopic (exact) mass is 238 g/mol. The van der Waals surface area contributed by atoms with Crippen LogP contribution >= 0.6 is 0 Å². The van der Waals surface area contributed by atoms with E-state index in [0.717, 1.165) is 11.8 Å². The minimum absolute atomic E-state index is 0.858. The van der Waals surface area contributed by atoms with Crippen molar-refractivity contribution in [1.82, 2.24) is 5.32 Å². The van der Waals surface area contributed by atoms with Crippen molar-refractivity contribution in [3.8, 4) is 0 Å².